The van der Waals surface area contributed by atoms with Crippen molar-refractivity contribution in [3.05, 3.63) is 36.4 Å². The normalized spacial score (nSPS) is 11.7. The Kier molecular flexibility index (Phi) is 15.3. The van der Waals surface area contributed by atoms with Gasteiger partial charge in [0.1, 0.15) is 5.52 Å². The average Bonchev–Trinajstić information content (AvgIpc) is 3.27. The number of allylic oxidation sites excluding steroid dienone is 2. The predicted octanol–water partition coefficient (Wildman–Crippen LogP) is 9.06. The number of fused-ring (bicyclic) bond motifs is 1. The number of carbonyl (C=O) groups is 1. The Morgan fingerprint density at radius 2 is 1.24 bits per heavy atom. The van der Waals surface area contributed by atoms with E-state index in [1.54, 1.807) is 0 Å². The van der Waals surface area contributed by atoms with Gasteiger partial charge >= 0.3 is 0 Å². The van der Waals surface area contributed by atoms with Crippen LogP contribution in [0, 0.1) is 0 Å². The van der Waals surface area contributed by atoms with E-state index in [1.165, 1.54) is 101 Å². The van der Waals surface area contributed by atoms with Gasteiger partial charge in [-0.3, -0.25) is 4.79 Å². The summed E-state index contributed by atoms with van der Waals surface area (Å²) in [6, 6.07) is 7.61. The first kappa shape index (κ1) is 27.3. The molecule has 4 heteroatoms. The van der Waals surface area contributed by atoms with Crippen LogP contribution in [0.5, 0.6) is 0 Å². The molecular weight excluding hydrogens is 406 g/mol. The van der Waals surface area contributed by atoms with Gasteiger partial charge in [0.05, 0.1) is 5.52 Å². The molecule has 1 aromatic heterocycles. The first-order chi connectivity index (χ1) is 16.3. The van der Waals surface area contributed by atoms with Crippen molar-refractivity contribution in [2.45, 2.75) is 129 Å². The summed E-state index contributed by atoms with van der Waals surface area (Å²) in [7, 11) is 0. The van der Waals surface area contributed by atoms with Crippen LogP contribution in [-0.2, 0) is 0 Å². The number of rotatable bonds is 20. The van der Waals surface area contributed by atoms with Crippen molar-refractivity contribution in [1.82, 2.24) is 15.0 Å². The summed E-state index contributed by atoms with van der Waals surface area (Å²) in [5.74, 6) is 0.0371. The summed E-state index contributed by atoms with van der Waals surface area (Å²) in [6.45, 7) is 2.29. The second-order valence-electron chi connectivity index (χ2n) is 9.49. The standard InChI is InChI=1S/C29H47N3O/c1-2-3-4-5-6-7-8-9-10-11-12-13-14-15-16-17-18-19-20-21-26-29(33)32-28-25-23-22-24-27(28)30-31-32/h17-18,22-25H,2-16,19-21,26H2,1H3/b18-17+. The fraction of sp³-hybridized carbons (Fsp3) is 0.690. The lowest BCUT2D eigenvalue weighted by Crippen LogP contribution is -2.11. The monoisotopic (exact) mass is 453 g/mol. The second kappa shape index (κ2) is 18.5. The molecule has 33 heavy (non-hydrogen) atoms. The van der Waals surface area contributed by atoms with E-state index < -0.39 is 0 Å². The van der Waals surface area contributed by atoms with Crippen LogP contribution in [0.1, 0.15) is 134 Å². The molecule has 0 fully saturated rings. The minimum absolute atomic E-state index is 0.0371. The molecule has 0 aliphatic carbocycles. The molecule has 0 aliphatic heterocycles. The van der Waals surface area contributed by atoms with Crippen LogP contribution in [0.25, 0.3) is 11.0 Å². The average molecular weight is 454 g/mol. The van der Waals surface area contributed by atoms with E-state index in [0.717, 1.165) is 30.3 Å². The Morgan fingerprint density at radius 1 is 0.727 bits per heavy atom. The zero-order chi connectivity index (χ0) is 23.4. The summed E-state index contributed by atoms with van der Waals surface area (Å²) in [5, 5.41) is 8.06. The van der Waals surface area contributed by atoms with Gasteiger partial charge in [0.25, 0.3) is 0 Å². The van der Waals surface area contributed by atoms with Crippen LogP contribution < -0.4 is 0 Å². The van der Waals surface area contributed by atoms with Gasteiger partial charge in [0.15, 0.2) is 0 Å². The van der Waals surface area contributed by atoms with Gasteiger partial charge in [-0.15, -0.1) is 5.10 Å². The fourth-order valence-corrected chi connectivity index (χ4v) is 4.39. The van der Waals surface area contributed by atoms with E-state index in [-0.39, 0.29) is 5.91 Å². The minimum atomic E-state index is 0.0371. The Hall–Kier alpha value is -1.97. The molecule has 1 heterocycles. The van der Waals surface area contributed by atoms with Crippen LogP contribution in [-0.4, -0.2) is 20.9 Å². The molecule has 2 aromatic rings. The fourth-order valence-electron chi connectivity index (χ4n) is 4.39. The number of unbranched alkanes of at least 4 members (excludes halogenated alkanes) is 16. The van der Waals surface area contributed by atoms with Crippen LogP contribution >= 0.6 is 0 Å². The summed E-state index contributed by atoms with van der Waals surface area (Å²) >= 11 is 0. The third kappa shape index (κ3) is 12.2. The molecule has 0 bridgehead atoms. The Balaban J connectivity index is 1.33. The highest BCUT2D eigenvalue weighted by atomic mass is 16.2. The van der Waals surface area contributed by atoms with Crippen LogP contribution in [0.4, 0.5) is 0 Å². The molecular formula is C29H47N3O. The second-order valence-corrected chi connectivity index (χ2v) is 9.49. The minimum Gasteiger partial charge on any atom is -0.273 e. The van der Waals surface area contributed by atoms with Crippen LogP contribution in [0.3, 0.4) is 0 Å². The molecule has 0 amide bonds. The smallest absolute Gasteiger partial charge is 0.248 e. The lowest BCUT2D eigenvalue weighted by molar-refractivity contribution is 0.0886. The lowest BCUT2D eigenvalue weighted by atomic mass is 10.0. The third-order valence-electron chi connectivity index (χ3n) is 6.49. The first-order valence-corrected chi connectivity index (χ1v) is 13.8. The van der Waals surface area contributed by atoms with Gasteiger partial charge in [0, 0.05) is 6.42 Å². The van der Waals surface area contributed by atoms with Gasteiger partial charge < -0.3 is 0 Å². The zero-order valence-electron chi connectivity index (χ0n) is 21.1. The topological polar surface area (TPSA) is 47.8 Å². The molecule has 0 N–H and O–H groups in total. The molecule has 0 saturated heterocycles. The van der Waals surface area contributed by atoms with E-state index in [9.17, 15) is 4.79 Å². The van der Waals surface area contributed by atoms with Gasteiger partial charge in [-0.25, -0.2) is 0 Å². The van der Waals surface area contributed by atoms with E-state index in [2.05, 4.69) is 29.4 Å². The number of aromatic nitrogens is 3. The summed E-state index contributed by atoms with van der Waals surface area (Å²) in [5.41, 5.74) is 1.58. The molecule has 0 spiro atoms. The quantitative estimate of drug-likeness (QED) is 0.148. The maximum atomic E-state index is 12.4. The highest BCUT2D eigenvalue weighted by Gasteiger charge is 2.10. The van der Waals surface area contributed by atoms with Crippen molar-refractivity contribution >= 4 is 16.9 Å². The summed E-state index contributed by atoms with van der Waals surface area (Å²) in [4.78, 5) is 12.4. The summed E-state index contributed by atoms with van der Waals surface area (Å²) in [6.07, 6.45) is 29.1. The van der Waals surface area contributed by atoms with Crippen LogP contribution in [0.15, 0.2) is 36.4 Å². The molecule has 0 saturated carbocycles. The van der Waals surface area contributed by atoms with Crippen molar-refractivity contribution in [3.8, 4) is 0 Å². The van der Waals surface area contributed by atoms with E-state index in [4.69, 9.17) is 0 Å². The van der Waals surface area contributed by atoms with Gasteiger partial charge in [-0.2, -0.15) is 4.68 Å². The molecule has 0 radical (unpaired) electrons. The molecule has 4 nitrogen and oxygen atoms in total. The Bertz CT molecular complexity index is 780. The number of benzene rings is 1. The number of para-hydroxylation sites is 1. The van der Waals surface area contributed by atoms with Gasteiger partial charge in [-0.05, 0) is 44.2 Å². The highest BCUT2D eigenvalue weighted by molar-refractivity contribution is 5.88. The number of nitrogens with zero attached hydrogens (tertiary/aromatic N) is 3. The van der Waals surface area contributed by atoms with Gasteiger partial charge in [0.2, 0.25) is 5.91 Å². The number of hydrogen-bond acceptors (Lipinski definition) is 3. The first-order valence-electron chi connectivity index (χ1n) is 13.8. The van der Waals surface area contributed by atoms with E-state index in [1.807, 2.05) is 24.3 Å². The Labute approximate surface area is 202 Å². The maximum Gasteiger partial charge on any atom is 0.248 e. The van der Waals surface area contributed by atoms with Gasteiger partial charge in [-0.1, -0.05) is 120 Å². The molecule has 1 aromatic carbocycles. The van der Waals surface area contributed by atoms with Crippen LogP contribution in [0.2, 0.25) is 0 Å². The SMILES string of the molecule is CCCCCCCCCCCCCCCC/C=C/CCCCC(=O)n1nnc2ccccc21. The number of carbonyl (C=O) groups excluding carboxylic acids is 1. The molecule has 184 valence electrons. The van der Waals surface area contributed by atoms with E-state index >= 15 is 0 Å². The summed E-state index contributed by atoms with van der Waals surface area (Å²) < 4.78 is 1.45. The third-order valence-corrected chi connectivity index (χ3v) is 6.49. The molecule has 0 unspecified atom stereocenters. The lowest BCUT2D eigenvalue weighted by Gasteiger charge is -2.03. The van der Waals surface area contributed by atoms with Crippen molar-refractivity contribution < 1.29 is 4.79 Å². The van der Waals surface area contributed by atoms with E-state index in [0.29, 0.717) is 6.42 Å². The molecule has 0 aliphatic rings. The highest BCUT2D eigenvalue weighted by Crippen LogP contribution is 2.14. The number of hydrogen-bond donors (Lipinski definition) is 0. The van der Waals surface area contributed by atoms with Crippen molar-refractivity contribution in [3.63, 3.8) is 0 Å². The zero-order valence-corrected chi connectivity index (χ0v) is 21.1. The predicted molar refractivity (Wildman–Crippen MR) is 141 cm³/mol. The molecule has 2 rings (SSSR count). The largest absolute Gasteiger partial charge is 0.273 e. The van der Waals surface area contributed by atoms with Crippen molar-refractivity contribution in [2.75, 3.05) is 0 Å². The Morgan fingerprint density at radius 3 is 1.85 bits per heavy atom. The molecule has 0 atom stereocenters. The van der Waals surface area contributed by atoms with Crippen molar-refractivity contribution in [1.29, 1.82) is 0 Å². The maximum absolute atomic E-state index is 12.4. The van der Waals surface area contributed by atoms with Crippen molar-refractivity contribution in [2.24, 2.45) is 0 Å².